The van der Waals surface area contributed by atoms with E-state index in [1.54, 1.807) is 0 Å². The average molecular weight is 326 g/mol. The Morgan fingerprint density at radius 1 is 1.09 bits per heavy atom. The lowest BCUT2D eigenvalue weighted by molar-refractivity contribution is -0.0733. The van der Waals surface area contributed by atoms with Crippen LogP contribution in [0.2, 0.25) is 0 Å². The van der Waals surface area contributed by atoms with E-state index in [1.165, 1.54) is 26.2 Å². The highest BCUT2D eigenvalue weighted by Crippen LogP contribution is 2.16. The van der Waals surface area contributed by atoms with Crippen LogP contribution in [0.3, 0.4) is 0 Å². The highest BCUT2D eigenvalue weighted by atomic mass is 16.5. The zero-order valence-corrected chi connectivity index (χ0v) is 15.1. The van der Waals surface area contributed by atoms with Crippen molar-refractivity contribution in [1.29, 1.82) is 0 Å². The third-order valence-corrected chi connectivity index (χ3v) is 4.80. The number of urea groups is 1. The van der Waals surface area contributed by atoms with Crippen LogP contribution in [0.25, 0.3) is 0 Å². The molecule has 6 nitrogen and oxygen atoms in total. The number of nitrogens with zero attached hydrogens (tertiary/aromatic N) is 3. The molecule has 0 bridgehead atoms. The topological polar surface area (TPSA) is 48.0 Å². The van der Waals surface area contributed by atoms with Crippen molar-refractivity contribution in [1.82, 2.24) is 20.0 Å². The number of carbonyl (C=O) groups excluding carboxylic acids is 1. The van der Waals surface area contributed by atoms with Gasteiger partial charge in [0.05, 0.1) is 18.8 Å². The standard InChI is InChI=1S/C17H34N4O2/c1-4-19-9-11-20(12-10-19)8-6-5-7-18-16(22)21-13-14-23-17(2,3)15-21/h4-15H2,1-3H3,(H,18,22). The van der Waals surface area contributed by atoms with Crippen LogP contribution >= 0.6 is 0 Å². The van der Waals surface area contributed by atoms with Gasteiger partial charge in [-0.1, -0.05) is 6.92 Å². The Bertz CT molecular complexity index is 368. The highest BCUT2D eigenvalue weighted by molar-refractivity contribution is 5.74. The van der Waals surface area contributed by atoms with E-state index in [-0.39, 0.29) is 11.6 Å². The number of hydrogen-bond acceptors (Lipinski definition) is 4. The van der Waals surface area contributed by atoms with Crippen molar-refractivity contribution in [3.63, 3.8) is 0 Å². The lowest BCUT2D eigenvalue weighted by Gasteiger charge is -2.38. The molecule has 0 aromatic heterocycles. The number of amides is 2. The van der Waals surface area contributed by atoms with Crippen molar-refractivity contribution in [3.05, 3.63) is 0 Å². The first-order chi connectivity index (χ1) is 11.0. The quantitative estimate of drug-likeness (QED) is 0.746. The van der Waals surface area contributed by atoms with E-state index in [2.05, 4.69) is 22.0 Å². The Hall–Kier alpha value is -0.850. The molecule has 0 aromatic rings. The zero-order chi connectivity index (χ0) is 16.7. The second kappa shape index (κ2) is 8.85. The molecule has 2 aliphatic rings. The first-order valence-electron chi connectivity index (χ1n) is 9.11. The molecule has 2 saturated heterocycles. The summed E-state index contributed by atoms with van der Waals surface area (Å²) in [7, 11) is 0. The molecule has 2 amide bonds. The molecule has 0 aliphatic carbocycles. The van der Waals surface area contributed by atoms with Crippen molar-refractivity contribution in [2.45, 2.75) is 39.2 Å². The molecule has 2 aliphatic heterocycles. The van der Waals surface area contributed by atoms with Crippen LogP contribution in [0.5, 0.6) is 0 Å². The van der Waals surface area contributed by atoms with Crippen LogP contribution in [-0.4, -0.2) is 91.8 Å². The summed E-state index contributed by atoms with van der Waals surface area (Å²) in [5.74, 6) is 0. The maximum Gasteiger partial charge on any atom is 0.317 e. The maximum atomic E-state index is 12.2. The summed E-state index contributed by atoms with van der Waals surface area (Å²) in [6.45, 7) is 16.1. The number of piperazine rings is 1. The van der Waals surface area contributed by atoms with Gasteiger partial charge in [0.25, 0.3) is 0 Å². The summed E-state index contributed by atoms with van der Waals surface area (Å²) in [6.07, 6.45) is 2.20. The van der Waals surface area contributed by atoms with E-state index in [9.17, 15) is 4.79 Å². The average Bonchev–Trinajstić information content (AvgIpc) is 2.54. The zero-order valence-electron chi connectivity index (χ0n) is 15.1. The largest absolute Gasteiger partial charge is 0.372 e. The fourth-order valence-electron chi connectivity index (χ4n) is 3.29. The van der Waals surface area contributed by atoms with Gasteiger partial charge in [-0.2, -0.15) is 0 Å². The second-order valence-electron chi connectivity index (χ2n) is 7.24. The molecule has 0 atom stereocenters. The van der Waals surface area contributed by atoms with Crippen LogP contribution in [-0.2, 0) is 4.74 Å². The SMILES string of the molecule is CCN1CCN(CCCCNC(=O)N2CCOC(C)(C)C2)CC1. The summed E-state index contributed by atoms with van der Waals surface area (Å²) >= 11 is 0. The van der Waals surface area contributed by atoms with Crippen molar-refractivity contribution in [3.8, 4) is 0 Å². The molecule has 0 spiro atoms. The molecule has 2 fully saturated rings. The molecule has 1 N–H and O–H groups in total. The number of carbonyl (C=O) groups is 1. The molecule has 134 valence electrons. The van der Waals surface area contributed by atoms with Gasteiger partial charge < -0.3 is 24.8 Å². The first kappa shape index (κ1) is 18.5. The Morgan fingerprint density at radius 2 is 1.78 bits per heavy atom. The van der Waals surface area contributed by atoms with Crippen LogP contribution in [0.15, 0.2) is 0 Å². The third-order valence-electron chi connectivity index (χ3n) is 4.80. The first-order valence-corrected chi connectivity index (χ1v) is 9.11. The minimum absolute atomic E-state index is 0.0536. The van der Waals surface area contributed by atoms with Crippen LogP contribution in [0, 0.1) is 0 Å². The highest BCUT2D eigenvalue weighted by Gasteiger charge is 2.29. The second-order valence-corrected chi connectivity index (χ2v) is 7.24. The van der Waals surface area contributed by atoms with Crippen molar-refractivity contribution in [2.24, 2.45) is 0 Å². The molecule has 2 heterocycles. The maximum absolute atomic E-state index is 12.2. The van der Waals surface area contributed by atoms with Gasteiger partial charge >= 0.3 is 6.03 Å². The number of morpholine rings is 1. The molecule has 2 rings (SSSR count). The van der Waals surface area contributed by atoms with Gasteiger partial charge in [0.2, 0.25) is 0 Å². The summed E-state index contributed by atoms with van der Waals surface area (Å²) in [5.41, 5.74) is -0.226. The van der Waals surface area contributed by atoms with Gasteiger partial charge in [-0.3, -0.25) is 0 Å². The Labute approximate surface area is 141 Å². The van der Waals surface area contributed by atoms with E-state index >= 15 is 0 Å². The smallest absolute Gasteiger partial charge is 0.317 e. The van der Waals surface area contributed by atoms with E-state index in [0.717, 1.165) is 32.5 Å². The minimum atomic E-state index is -0.226. The lowest BCUT2D eigenvalue weighted by Crippen LogP contribution is -2.53. The molecular formula is C17H34N4O2. The molecule has 6 heteroatoms. The summed E-state index contributed by atoms with van der Waals surface area (Å²) in [5, 5.41) is 3.05. The van der Waals surface area contributed by atoms with E-state index in [1.807, 2.05) is 18.7 Å². The molecule has 0 aromatic carbocycles. The van der Waals surface area contributed by atoms with E-state index < -0.39 is 0 Å². The number of rotatable bonds is 6. The van der Waals surface area contributed by atoms with Gasteiger partial charge in [0.15, 0.2) is 0 Å². The van der Waals surface area contributed by atoms with Gasteiger partial charge in [-0.25, -0.2) is 4.79 Å². The molecule has 23 heavy (non-hydrogen) atoms. The van der Waals surface area contributed by atoms with E-state index in [0.29, 0.717) is 19.7 Å². The Balaban J connectivity index is 1.53. The monoisotopic (exact) mass is 326 g/mol. The van der Waals surface area contributed by atoms with Crippen molar-refractivity contribution < 1.29 is 9.53 Å². The third kappa shape index (κ3) is 6.28. The van der Waals surface area contributed by atoms with Crippen LogP contribution in [0.1, 0.15) is 33.6 Å². The summed E-state index contributed by atoms with van der Waals surface area (Å²) in [6, 6.07) is 0.0536. The number of unbranched alkanes of at least 4 members (excludes halogenated alkanes) is 1. The van der Waals surface area contributed by atoms with Crippen LogP contribution in [0.4, 0.5) is 4.79 Å². The molecule has 0 radical (unpaired) electrons. The van der Waals surface area contributed by atoms with Crippen molar-refractivity contribution >= 4 is 6.03 Å². The van der Waals surface area contributed by atoms with Gasteiger partial charge in [-0.05, 0) is 39.8 Å². The van der Waals surface area contributed by atoms with Crippen LogP contribution < -0.4 is 5.32 Å². The predicted octanol–water partition coefficient (Wildman–Crippen LogP) is 1.22. The Morgan fingerprint density at radius 3 is 2.43 bits per heavy atom. The number of hydrogen-bond donors (Lipinski definition) is 1. The minimum Gasteiger partial charge on any atom is -0.372 e. The van der Waals surface area contributed by atoms with Gasteiger partial charge in [-0.15, -0.1) is 0 Å². The fourth-order valence-corrected chi connectivity index (χ4v) is 3.29. The van der Waals surface area contributed by atoms with Crippen molar-refractivity contribution in [2.75, 3.05) is 65.5 Å². The molecule has 0 saturated carbocycles. The lowest BCUT2D eigenvalue weighted by atomic mass is 10.1. The fraction of sp³-hybridized carbons (Fsp3) is 0.941. The molecular weight excluding hydrogens is 292 g/mol. The number of nitrogens with one attached hydrogen (secondary N) is 1. The van der Waals surface area contributed by atoms with Gasteiger partial charge in [0, 0.05) is 39.3 Å². The van der Waals surface area contributed by atoms with E-state index in [4.69, 9.17) is 4.74 Å². The summed E-state index contributed by atoms with van der Waals surface area (Å²) < 4.78 is 5.64. The number of ether oxygens (including phenoxy) is 1. The summed E-state index contributed by atoms with van der Waals surface area (Å²) in [4.78, 5) is 19.1. The Kier molecular flexibility index (Phi) is 7.11. The van der Waals surface area contributed by atoms with Gasteiger partial charge in [0.1, 0.15) is 0 Å². The normalized spacial score (nSPS) is 23.0. The molecule has 0 unspecified atom stereocenters. The number of likely N-dealkylation sites (N-methyl/N-ethyl adjacent to an activating group) is 1. The predicted molar refractivity (Wildman–Crippen MR) is 92.8 cm³/mol.